The van der Waals surface area contributed by atoms with Crippen molar-refractivity contribution in [1.29, 1.82) is 0 Å². The minimum atomic E-state index is -0.155. The van der Waals surface area contributed by atoms with E-state index in [0.29, 0.717) is 36.2 Å². The van der Waals surface area contributed by atoms with Crippen LogP contribution in [0.4, 0.5) is 5.82 Å². The molecule has 122 valence electrons. The summed E-state index contributed by atoms with van der Waals surface area (Å²) >= 11 is 3.36. The average Bonchev–Trinajstić information content (AvgIpc) is 2.97. The first-order valence-corrected chi connectivity index (χ1v) is 8.16. The highest BCUT2D eigenvalue weighted by molar-refractivity contribution is 9.10. The van der Waals surface area contributed by atoms with E-state index in [4.69, 9.17) is 9.47 Å². The van der Waals surface area contributed by atoms with Crippen molar-refractivity contribution in [3.8, 4) is 11.5 Å². The number of aromatic amines is 1. The number of rotatable bonds is 3. The van der Waals surface area contributed by atoms with Gasteiger partial charge >= 0.3 is 0 Å². The third-order valence-electron chi connectivity index (χ3n) is 3.61. The van der Waals surface area contributed by atoms with Gasteiger partial charge in [0.05, 0.1) is 11.8 Å². The van der Waals surface area contributed by atoms with Crippen LogP contribution >= 0.6 is 15.9 Å². The van der Waals surface area contributed by atoms with Crippen LogP contribution in [0.1, 0.15) is 5.56 Å². The molecule has 3 aromatic rings. The standard InChI is InChI=1S/C16H13BrN4O3/c17-10-7-11-15(18-8-10)20-21-16(11)19-14(22)6-9-1-2-12-13(5-9)24-4-3-23-12/h1-2,5,7-8H,3-4,6H2,(H2,18,19,20,21,22). The van der Waals surface area contributed by atoms with Gasteiger partial charge in [-0.25, -0.2) is 4.98 Å². The minimum Gasteiger partial charge on any atom is -0.486 e. The van der Waals surface area contributed by atoms with Crippen molar-refractivity contribution in [2.24, 2.45) is 0 Å². The van der Waals surface area contributed by atoms with E-state index in [9.17, 15) is 4.79 Å². The number of ether oxygens (including phenoxy) is 2. The van der Waals surface area contributed by atoms with Crippen LogP contribution < -0.4 is 14.8 Å². The third-order valence-corrected chi connectivity index (χ3v) is 4.05. The molecular weight excluding hydrogens is 376 g/mol. The Balaban J connectivity index is 1.51. The molecule has 24 heavy (non-hydrogen) atoms. The van der Waals surface area contributed by atoms with E-state index in [0.717, 1.165) is 15.4 Å². The molecule has 1 amide bonds. The normalized spacial score (nSPS) is 13.0. The Morgan fingerprint density at radius 1 is 1.25 bits per heavy atom. The van der Waals surface area contributed by atoms with Crippen LogP contribution in [0.3, 0.4) is 0 Å². The fraction of sp³-hybridized carbons (Fsp3) is 0.188. The number of hydrogen-bond donors (Lipinski definition) is 2. The van der Waals surface area contributed by atoms with Crippen LogP contribution in [0.2, 0.25) is 0 Å². The van der Waals surface area contributed by atoms with E-state index >= 15 is 0 Å². The molecular formula is C16H13BrN4O3. The second kappa shape index (κ2) is 6.12. The van der Waals surface area contributed by atoms with Crippen LogP contribution in [-0.4, -0.2) is 34.3 Å². The monoisotopic (exact) mass is 388 g/mol. The Morgan fingerprint density at radius 3 is 2.96 bits per heavy atom. The lowest BCUT2D eigenvalue weighted by Gasteiger charge is -2.18. The van der Waals surface area contributed by atoms with Crippen LogP contribution in [0.25, 0.3) is 11.0 Å². The number of carbonyl (C=O) groups is 1. The number of pyridine rings is 1. The number of benzene rings is 1. The summed E-state index contributed by atoms with van der Waals surface area (Å²) in [7, 11) is 0. The molecule has 0 aliphatic carbocycles. The van der Waals surface area contributed by atoms with Gasteiger partial charge in [-0.3, -0.25) is 9.89 Å². The second-order valence-electron chi connectivity index (χ2n) is 5.33. The molecule has 1 aliphatic heterocycles. The number of aromatic nitrogens is 3. The second-order valence-corrected chi connectivity index (χ2v) is 6.24. The Morgan fingerprint density at radius 2 is 2.08 bits per heavy atom. The van der Waals surface area contributed by atoms with Crippen molar-refractivity contribution in [3.63, 3.8) is 0 Å². The van der Waals surface area contributed by atoms with E-state index < -0.39 is 0 Å². The van der Waals surface area contributed by atoms with Gasteiger partial charge in [-0.15, -0.1) is 0 Å². The third kappa shape index (κ3) is 2.92. The SMILES string of the molecule is O=C(Cc1ccc2c(c1)OCCO2)Nc1[nH]nc2ncc(Br)cc12. The topological polar surface area (TPSA) is 89.1 Å². The number of anilines is 1. The number of carbonyl (C=O) groups excluding carboxylic acids is 1. The molecule has 8 heteroatoms. The quantitative estimate of drug-likeness (QED) is 0.719. The summed E-state index contributed by atoms with van der Waals surface area (Å²) < 4.78 is 11.8. The summed E-state index contributed by atoms with van der Waals surface area (Å²) in [4.78, 5) is 16.5. The van der Waals surface area contributed by atoms with E-state index in [1.165, 1.54) is 0 Å². The highest BCUT2D eigenvalue weighted by Gasteiger charge is 2.14. The zero-order chi connectivity index (χ0) is 16.5. The van der Waals surface area contributed by atoms with Crippen molar-refractivity contribution in [3.05, 3.63) is 40.5 Å². The van der Waals surface area contributed by atoms with E-state index in [2.05, 4.69) is 36.4 Å². The number of fused-ring (bicyclic) bond motifs is 2. The summed E-state index contributed by atoms with van der Waals surface area (Å²) in [6.07, 6.45) is 1.88. The minimum absolute atomic E-state index is 0.155. The molecule has 7 nitrogen and oxygen atoms in total. The van der Waals surface area contributed by atoms with Gasteiger partial charge in [0.1, 0.15) is 19.0 Å². The smallest absolute Gasteiger partial charge is 0.229 e. The number of halogens is 1. The lowest BCUT2D eigenvalue weighted by Crippen LogP contribution is -2.17. The largest absolute Gasteiger partial charge is 0.486 e. The Kier molecular flexibility index (Phi) is 3.81. The molecule has 0 fully saturated rings. The molecule has 0 radical (unpaired) electrons. The molecule has 1 aliphatic rings. The van der Waals surface area contributed by atoms with Crippen LogP contribution in [0.5, 0.6) is 11.5 Å². The first-order chi connectivity index (χ1) is 11.7. The van der Waals surface area contributed by atoms with E-state index in [1.54, 1.807) is 6.20 Å². The molecule has 0 atom stereocenters. The lowest BCUT2D eigenvalue weighted by atomic mass is 10.1. The Labute approximate surface area is 145 Å². The summed E-state index contributed by atoms with van der Waals surface area (Å²) in [5.41, 5.74) is 1.40. The zero-order valence-corrected chi connectivity index (χ0v) is 14.1. The van der Waals surface area contributed by atoms with Gasteiger partial charge in [-0.05, 0) is 39.7 Å². The number of nitrogens with one attached hydrogen (secondary N) is 2. The highest BCUT2D eigenvalue weighted by atomic mass is 79.9. The lowest BCUT2D eigenvalue weighted by molar-refractivity contribution is -0.115. The number of H-pyrrole nitrogens is 1. The average molecular weight is 389 g/mol. The number of amides is 1. The number of nitrogens with zero attached hydrogens (tertiary/aromatic N) is 2. The fourth-order valence-electron chi connectivity index (χ4n) is 2.54. The van der Waals surface area contributed by atoms with E-state index in [-0.39, 0.29) is 12.3 Å². The van der Waals surface area contributed by atoms with Gasteiger partial charge in [0.15, 0.2) is 17.1 Å². The molecule has 0 spiro atoms. The first-order valence-electron chi connectivity index (χ1n) is 7.37. The van der Waals surface area contributed by atoms with Crippen molar-refractivity contribution in [2.75, 3.05) is 18.5 Å². The molecule has 0 bridgehead atoms. The summed E-state index contributed by atoms with van der Waals surface area (Å²) in [5.74, 6) is 1.76. The predicted octanol–water partition coefficient (Wildman–Crippen LogP) is 2.67. The molecule has 0 saturated heterocycles. The van der Waals surface area contributed by atoms with Gasteiger partial charge in [-0.2, -0.15) is 5.10 Å². The highest BCUT2D eigenvalue weighted by Crippen LogP contribution is 2.31. The van der Waals surface area contributed by atoms with Crippen molar-refractivity contribution in [1.82, 2.24) is 15.2 Å². The van der Waals surface area contributed by atoms with Crippen LogP contribution in [-0.2, 0) is 11.2 Å². The summed E-state index contributed by atoms with van der Waals surface area (Å²) in [6, 6.07) is 7.36. The van der Waals surface area contributed by atoms with Gasteiger partial charge in [0, 0.05) is 10.7 Å². The molecule has 3 heterocycles. The van der Waals surface area contributed by atoms with Gasteiger partial charge < -0.3 is 14.8 Å². The zero-order valence-electron chi connectivity index (χ0n) is 12.5. The van der Waals surface area contributed by atoms with Crippen molar-refractivity contribution < 1.29 is 14.3 Å². The van der Waals surface area contributed by atoms with Crippen molar-refractivity contribution in [2.45, 2.75) is 6.42 Å². The van der Waals surface area contributed by atoms with Crippen LogP contribution in [0, 0.1) is 0 Å². The maximum Gasteiger partial charge on any atom is 0.229 e. The van der Waals surface area contributed by atoms with Crippen molar-refractivity contribution >= 4 is 38.7 Å². The first kappa shape index (κ1) is 14.9. The van der Waals surface area contributed by atoms with Gasteiger partial charge in [0.25, 0.3) is 0 Å². The molecule has 0 saturated carbocycles. The molecule has 1 aromatic carbocycles. The maximum absolute atomic E-state index is 12.3. The molecule has 2 aromatic heterocycles. The molecule has 0 unspecified atom stereocenters. The summed E-state index contributed by atoms with van der Waals surface area (Å²) in [5, 5.41) is 10.4. The summed E-state index contributed by atoms with van der Waals surface area (Å²) in [6.45, 7) is 1.06. The van der Waals surface area contributed by atoms with Crippen LogP contribution in [0.15, 0.2) is 34.9 Å². The Bertz CT molecular complexity index is 925. The molecule has 2 N–H and O–H groups in total. The number of hydrogen-bond acceptors (Lipinski definition) is 5. The maximum atomic E-state index is 12.3. The Hall–Kier alpha value is -2.61. The van der Waals surface area contributed by atoms with E-state index in [1.807, 2.05) is 24.3 Å². The van der Waals surface area contributed by atoms with Gasteiger partial charge in [-0.1, -0.05) is 6.07 Å². The molecule has 4 rings (SSSR count). The predicted molar refractivity (Wildman–Crippen MR) is 91.4 cm³/mol. The fourth-order valence-corrected chi connectivity index (χ4v) is 2.87. The van der Waals surface area contributed by atoms with Gasteiger partial charge in [0.2, 0.25) is 5.91 Å².